The Kier molecular flexibility index (Phi) is 8.25. The Bertz CT molecular complexity index is 814. The number of aromatic carboxylic acids is 1. The molecule has 166 valence electrons. The molecule has 1 aliphatic rings. The Morgan fingerprint density at radius 3 is 2.50 bits per heavy atom. The van der Waals surface area contributed by atoms with Crippen molar-refractivity contribution in [1.82, 2.24) is 0 Å². The predicted octanol–water partition coefficient (Wildman–Crippen LogP) is 4.20. The molecule has 2 rings (SSSR count). The van der Waals surface area contributed by atoms with Crippen molar-refractivity contribution in [3.05, 3.63) is 52.1 Å². The molecule has 1 fully saturated rings. The summed E-state index contributed by atoms with van der Waals surface area (Å²) in [4.78, 5) is 11.6. The SMILES string of the molecule is Cc1cc(Cl)cc(/C=C/C[C@@H]2OC(C)(C)O[C@@H]2C(O)/C=C\[C@@H](C)[C@H](C)O)c1C(=O)O. The number of ether oxygens (including phenoxy) is 2. The molecule has 0 spiro atoms. The second-order valence-electron chi connectivity index (χ2n) is 8.24. The predicted molar refractivity (Wildman–Crippen MR) is 117 cm³/mol. The maximum atomic E-state index is 11.6. The number of carboxylic acid groups (broad SMARTS) is 1. The van der Waals surface area contributed by atoms with Gasteiger partial charge in [0.25, 0.3) is 0 Å². The van der Waals surface area contributed by atoms with Crippen LogP contribution in [0.4, 0.5) is 0 Å². The van der Waals surface area contributed by atoms with E-state index in [-0.39, 0.29) is 11.5 Å². The standard InChI is InChI=1S/C23H31ClO6/c1-13(15(3)25)9-10-18(26)21-19(29-23(4,5)30-21)8-6-7-16-12-17(24)11-14(2)20(16)22(27)28/h6-7,9-13,15,18-19,21,25-26H,8H2,1-5H3,(H,27,28)/b7-6+,10-9-/t13-,15+,18?,19+,21-/m1/s1. The van der Waals surface area contributed by atoms with Crippen LogP contribution in [0.25, 0.3) is 6.08 Å². The van der Waals surface area contributed by atoms with Crippen LogP contribution in [0.1, 0.15) is 55.6 Å². The molecule has 1 aromatic carbocycles. The number of halogens is 1. The highest BCUT2D eigenvalue weighted by atomic mass is 35.5. The number of rotatable bonds is 8. The van der Waals surface area contributed by atoms with Gasteiger partial charge >= 0.3 is 5.97 Å². The monoisotopic (exact) mass is 438 g/mol. The fourth-order valence-corrected chi connectivity index (χ4v) is 3.70. The van der Waals surface area contributed by atoms with Gasteiger partial charge < -0.3 is 24.8 Å². The Morgan fingerprint density at radius 2 is 1.90 bits per heavy atom. The molecule has 3 N–H and O–H groups in total. The Hall–Kier alpha value is -1.70. The third-order valence-electron chi connectivity index (χ3n) is 5.14. The van der Waals surface area contributed by atoms with E-state index >= 15 is 0 Å². The van der Waals surface area contributed by atoms with E-state index in [0.29, 0.717) is 22.6 Å². The summed E-state index contributed by atoms with van der Waals surface area (Å²) in [6, 6.07) is 3.22. The van der Waals surface area contributed by atoms with Crippen LogP contribution in [-0.2, 0) is 9.47 Å². The van der Waals surface area contributed by atoms with E-state index in [9.17, 15) is 20.1 Å². The lowest BCUT2D eigenvalue weighted by Gasteiger charge is -2.20. The first-order valence-electron chi connectivity index (χ1n) is 10.0. The van der Waals surface area contributed by atoms with Gasteiger partial charge in [0.2, 0.25) is 0 Å². The van der Waals surface area contributed by atoms with Gasteiger partial charge in [0.1, 0.15) is 12.2 Å². The highest BCUT2D eigenvalue weighted by molar-refractivity contribution is 6.31. The van der Waals surface area contributed by atoms with Crippen LogP contribution in [0.15, 0.2) is 30.4 Å². The molecule has 0 bridgehead atoms. The minimum atomic E-state index is -1.02. The maximum absolute atomic E-state index is 11.6. The number of hydrogen-bond acceptors (Lipinski definition) is 5. The first-order valence-corrected chi connectivity index (χ1v) is 10.4. The largest absolute Gasteiger partial charge is 0.478 e. The number of hydrogen-bond donors (Lipinski definition) is 3. The fourth-order valence-electron chi connectivity index (χ4n) is 3.42. The molecule has 7 heteroatoms. The van der Waals surface area contributed by atoms with E-state index in [4.69, 9.17) is 21.1 Å². The zero-order valence-electron chi connectivity index (χ0n) is 18.0. The fraction of sp³-hybridized carbons (Fsp3) is 0.522. The lowest BCUT2D eigenvalue weighted by Crippen LogP contribution is -2.34. The highest BCUT2D eigenvalue weighted by Gasteiger charge is 2.43. The van der Waals surface area contributed by atoms with Crippen LogP contribution in [-0.4, -0.2) is 51.5 Å². The van der Waals surface area contributed by atoms with Crippen molar-refractivity contribution in [2.75, 3.05) is 0 Å². The van der Waals surface area contributed by atoms with Gasteiger partial charge in [-0.05, 0) is 63.3 Å². The summed E-state index contributed by atoms with van der Waals surface area (Å²) in [5, 5.41) is 30.2. The Balaban J connectivity index is 2.17. The lowest BCUT2D eigenvalue weighted by atomic mass is 9.99. The molecule has 0 aromatic heterocycles. The van der Waals surface area contributed by atoms with Crippen molar-refractivity contribution in [1.29, 1.82) is 0 Å². The molecule has 1 aromatic rings. The highest BCUT2D eigenvalue weighted by Crippen LogP contribution is 2.33. The normalized spacial score (nSPS) is 24.4. The van der Waals surface area contributed by atoms with E-state index in [1.807, 2.05) is 6.92 Å². The number of benzene rings is 1. The van der Waals surface area contributed by atoms with E-state index in [1.54, 1.807) is 64.1 Å². The van der Waals surface area contributed by atoms with E-state index in [2.05, 4.69) is 0 Å². The number of carboxylic acids is 1. The summed E-state index contributed by atoms with van der Waals surface area (Å²) in [5.74, 6) is -1.97. The second kappa shape index (κ2) is 10.1. The van der Waals surface area contributed by atoms with Gasteiger partial charge in [-0.15, -0.1) is 0 Å². The summed E-state index contributed by atoms with van der Waals surface area (Å²) in [5.41, 5.74) is 1.29. The van der Waals surface area contributed by atoms with Crippen LogP contribution in [0.3, 0.4) is 0 Å². The molecule has 1 heterocycles. The average Bonchev–Trinajstić information content (AvgIpc) is 2.93. The van der Waals surface area contributed by atoms with Crippen LogP contribution in [0.5, 0.6) is 0 Å². The van der Waals surface area contributed by atoms with Crippen molar-refractivity contribution in [2.45, 2.75) is 71.2 Å². The number of aliphatic hydroxyl groups is 2. The van der Waals surface area contributed by atoms with Crippen molar-refractivity contribution < 1.29 is 29.6 Å². The van der Waals surface area contributed by atoms with E-state index in [0.717, 1.165) is 0 Å². The molecule has 6 nitrogen and oxygen atoms in total. The molecule has 1 aliphatic heterocycles. The quantitative estimate of drug-likeness (QED) is 0.526. The molecule has 0 radical (unpaired) electrons. The van der Waals surface area contributed by atoms with Crippen LogP contribution >= 0.6 is 11.6 Å². The third kappa shape index (κ3) is 6.40. The van der Waals surface area contributed by atoms with Crippen molar-refractivity contribution in [2.24, 2.45) is 5.92 Å². The van der Waals surface area contributed by atoms with Gasteiger partial charge in [0, 0.05) is 5.02 Å². The minimum Gasteiger partial charge on any atom is -0.478 e. The summed E-state index contributed by atoms with van der Waals surface area (Å²) in [6.07, 6.45) is 4.84. The molecule has 0 amide bonds. The van der Waals surface area contributed by atoms with Crippen LogP contribution < -0.4 is 0 Å². The van der Waals surface area contributed by atoms with E-state index in [1.165, 1.54) is 0 Å². The van der Waals surface area contributed by atoms with Gasteiger partial charge in [-0.3, -0.25) is 0 Å². The summed E-state index contributed by atoms with van der Waals surface area (Å²) in [6.45, 7) is 8.81. The molecule has 1 unspecified atom stereocenters. The van der Waals surface area contributed by atoms with Crippen molar-refractivity contribution in [3.63, 3.8) is 0 Å². The van der Waals surface area contributed by atoms with Crippen molar-refractivity contribution >= 4 is 23.6 Å². The van der Waals surface area contributed by atoms with Crippen LogP contribution in [0.2, 0.25) is 5.02 Å². The molecule has 5 atom stereocenters. The van der Waals surface area contributed by atoms with Gasteiger partial charge in [0.15, 0.2) is 5.79 Å². The minimum absolute atomic E-state index is 0.103. The smallest absolute Gasteiger partial charge is 0.336 e. The van der Waals surface area contributed by atoms with Crippen molar-refractivity contribution in [3.8, 4) is 0 Å². The zero-order chi connectivity index (χ0) is 22.6. The van der Waals surface area contributed by atoms with Gasteiger partial charge in [-0.1, -0.05) is 42.8 Å². The average molecular weight is 439 g/mol. The topological polar surface area (TPSA) is 96.2 Å². The third-order valence-corrected chi connectivity index (χ3v) is 5.36. The summed E-state index contributed by atoms with van der Waals surface area (Å²) < 4.78 is 11.8. The van der Waals surface area contributed by atoms with Gasteiger partial charge in [-0.2, -0.15) is 0 Å². The molecule has 1 saturated heterocycles. The van der Waals surface area contributed by atoms with Crippen LogP contribution in [0, 0.1) is 12.8 Å². The number of carbonyl (C=O) groups is 1. The zero-order valence-corrected chi connectivity index (χ0v) is 18.8. The first-order chi connectivity index (χ1) is 13.9. The first kappa shape index (κ1) is 24.6. The van der Waals surface area contributed by atoms with Gasteiger partial charge in [0.05, 0.1) is 17.8 Å². The summed E-state index contributed by atoms with van der Waals surface area (Å²) in [7, 11) is 0. The number of aliphatic hydroxyl groups excluding tert-OH is 2. The summed E-state index contributed by atoms with van der Waals surface area (Å²) >= 11 is 6.09. The Labute approximate surface area is 182 Å². The molecular weight excluding hydrogens is 408 g/mol. The van der Waals surface area contributed by atoms with Gasteiger partial charge in [-0.25, -0.2) is 4.79 Å². The molecule has 0 saturated carbocycles. The number of aryl methyl sites for hydroxylation is 1. The van der Waals surface area contributed by atoms with E-state index < -0.39 is 36.2 Å². The Morgan fingerprint density at radius 1 is 1.23 bits per heavy atom. The maximum Gasteiger partial charge on any atom is 0.336 e. The molecular formula is C23H31ClO6. The lowest BCUT2D eigenvalue weighted by molar-refractivity contribution is -0.152. The molecule has 30 heavy (non-hydrogen) atoms. The molecule has 0 aliphatic carbocycles. The second-order valence-corrected chi connectivity index (χ2v) is 8.68.